The van der Waals surface area contributed by atoms with E-state index in [1.807, 2.05) is 11.4 Å². The molecule has 9 heteroatoms. The van der Waals surface area contributed by atoms with Crippen LogP contribution in [0.5, 0.6) is 0 Å². The van der Waals surface area contributed by atoms with Gasteiger partial charge >= 0.3 is 12.3 Å². The van der Waals surface area contributed by atoms with Gasteiger partial charge in [0.05, 0.1) is 12.0 Å². The molecule has 0 spiro atoms. The van der Waals surface area contributed by atoms with Gasteiger partial charge in [0.2, 0.25) is 5.91 Å². The van der Waals surface area contributed by atoms with E-state index in [-0.39, 0.29) is 31.3 Å². The first-order chi connectivity index (χ1) is 9.15. The first kappa shape index (κ1) is 18.0. The van der Waals surface area contributed by atoms with Gasteiger partial charge in [-0.1, -0.05) is 0 Å². The van der Waals surface area contributed by atoms with Gasteiger partial charge in [-0.2, -0.15) is 18.4 Å². The predicted molar refractivity (Wildman–Crippen MR) is 62.4 cm³/mol. The molecule has 1 atom stereocenters. The Labute approximate surface area is 114 Å². The van der Waals surface area contributed by atoms with Crippen molar-refractivity contribution in [2.24, 2.45) is 5.92 Å². The van der Waals surface area contributed by atoms with Crippen molar-refractivity contribution >= 4 is 12.0 Å². The molecular weight excluding hydrogens is 279 g/mol. The van der Waals surface area contributed by atoms with Gasteiger partial charge in [0, 0.05) is 26.6 Å². The molecule has 2 amide bonds. The molecule has 0 bridgehead atoms. The van der Waals surface area contributed by atoms with E-state index in [0.29, 0.717) is 0 Å². The minimum absolute atomic E-state index is 0.0875. The van der Waals surface area contributed by atoms with Crippen molar-refractivity contribution in [2.75, 3.05) is 26.7 Å². The Balaban J connectivity index is 3.86. The molecule has 0 aliphatic carbocycles. The van der Waals surface area contributed by atoms with E-state index in [9.17, 15) is 22.8 Å². The molecule has 0 aliphatic rings. The zero-order valence-electron chi connectivity index (χ0n) is 11.2. The maximum atomic E-state index is 11.7. The van der Waals surface area contributed by atoms with Crippen molar-refractivity contribution in [1.82, 2.24) is 10.2 Å². The number of nitriles is 1. The number of nitrogens with zero attached hydrogens (tertiary/aromatic N) is 2. The van der Waals surface area contributed by atoms with E-state index in [2.05, 4.69) is 4.74 Å². The van der Waals surface area contributed by atoms with Crippen molar-refractivity contribution in [3.8, 4) is 6.07 Å². The SMILES string of the molecule is C[C@@H](C#N)CN(C)C(=O)CCNC(=O)OCC(F)(F)F. The minimum atomic E-state index is -4.58. The molecule has 0 aromatic rings. The molecule has 114 valence electrons. The van der Waals surface area contributed by atoms with E-state index in [4.69, 9.17) is 5.26 Å². The fourth-order valence-electron chi connectivity index (χ4n) is 1.21. The maximum Gasteiger partial charge on any atom is 0.422 e. The average molecular weight is 295 g/mol. The monoisotopic (exact) mass is 295 g/mol. The Kier molecular flexibility index (Phi) is 7.43. The summed E-state index contributed by atoms with van der Waals surface area (Å²) in [5, 5.41) is 10.6. The van der Waals surface area contributed by atoms with Gasteiger partial charge in [0.1, 0.15) is 0 Å². The van der Waals surface area contributed by atoms with Crippen LogP contribution >= 0.6 is 0 Å². The van der Waals surface area contributed by atoms with Crippen molar-refractivity contribution in [3.05, 3.63) is 0 Å². The second-order valence-corrected chi connectivity index (χ2v) is 4.17. The third-order valence-electron chi connectivity index (χ3n) is 2.17. The number of alkyl carbamates (subject to hydrolysis) is 1. The number of nitrogens with one attached hydrogen (secondary N) is 1. The normalized spacial score (nSPS) is 12.2. The van der Waals surface area contributed by atoms with E-state index in [0.717, 1.165) is 0 Å². The first-order valence-corrected chi connectivity index (χ1v) is 5.76. The van der Waals surface area contributed by atoms with Crippen LogP contribution in [0.1, 0.15) is 13.3 Å². The van der Waals surface area contributed by atoms with Crippen LogP contribution in [-0.4, -0.2) is 49.8 Å². The lowest BCUT2D eigenvalue weighted by Gasteiger charge is -2.18. The fourth-order valence-corrected chi connectivity index (χ4v) is 1.21. The minimum Gasteiger partial charge on any atom is -0.440 e. The molecule has 0 saturated heterocycles. The molecule has 6 nitrogen and oxygen atoms in total. The predicted octanol–water partition coefficient (Wildman–Crippen LogP) is 1.28. The van der Waals surface area contributed by atoms with Gasteiger partial charge in [-0.05, 0) is 6.92 Å². The van der Waals surface area contributed by atoms with E-state index in [1.54, 1.807) is 6.92 Å². The molecule has 0 heterocycles. The summed E-state index contributed by atoms with van der Waals surface area (Å²) >= 11 is 0. The molecular formula is C11H16F3N3O3. The molecule has 20 heavy (non-hydrogen) atoms. The maximum absolute atomic E-state index is 11.7. The number of carbonyl (C=O) groups is 2. The lowest BCUT2D eigenvalue weighted by atomic mass is 10.2. The van der Waals surface area contributed by atoms with Gasteiger partial charge in [-0.25, -0.2) is 4.79 Å². The Hall–Kier alpha value is -1.98. The molecule has 0 radical (unpaired) electrons. The summed E-state index contributed by atoms with van der Waals surface area (Å²) in [5.41, 5.74) is 0. The number of hydrogen-bond acceptors (Lipinski definition) is 4. The molecule has 0 unspecified atom stereocenters. The van der Waals surface area contributed by atoms with Crippen molar-refractivity contribution < 1.29 is 27.5 Å². The van der Waals surface area contributed by atoms with E-state index < -0.39 is 18.9 Å². The zero-order valence-corrected chi connectivity index (χ0v) is 11.2. The van der Waals surface area contributed by atoms with Crippen LogP contribution < -0.4 is 5.32 Å². The summed E-state index contributed by atoms with van der Waals surface area (Å²) in [6.07, 6.45) is -5.90. The summed E-state index contributed by atoms with van der Waals surface area (Å²) in [4.78, 5) is 23.7. The second-order valence-electron chi connectivity index (χ2n) is 4.17. The Bertz CT molecular complexity index is 379. The largest absolute Gasteiger partial charge is 0.440 e. The lowest BCUT2D eigenvalue weighted by molar-refractivity contribution is -0.160. The molecule has 1 N–H and O–H groups in total. The van der Waals surface area contributed by atoms with Crippen LogP contribution in [0.25, 0.3) is 0 Å². The van der Waals surface area contributed by atoms with Crippen LogP contribution in [0, 0.1) is 17.2 Å². The number of hydrogen-bond donors (Lipinski definition) is 1. The van der Waals surface area contributed by atoms with Crippen LogP contribution in [-0.2, 0) is 9.53 Å². The van der Waals surface area contributed by atoms with Crippen molar-refractivity contribution in [2.45, 2.75) is 19.5 Å². The fraction of sp³-hybridized carbons (Fsp3) is 0.727. The molecule has 0 aliphatic heterocycles. The highest BCUT2D eigenvalue weighted by Crippen LogP contribution is 2.14. The summed E-state index contributed by atoms with van der Waals surface area (Å²) in [7, 11) is 1.50. The molecule has 0 fully saturated rings. The van der Waals surface area contributed by atoms with Gasteiger partial charge in [0.25, 0.3) is 0 Å². The molecule has 0 aromatic carbocycles. The Morgan fingerprint density at radius 2 is 2.05 bits per heavy atom. The summed E-state index contributed by atoms with van der Waals surface area (Å²) < 4.78 is 39.1. The Morgan fingerprint density at radius 3 is 2.55 bits per heavy atom. The van der Waals surface area contributed by atoms with Crippen molar-refractivity contribution in [3.63, 3.8) is 0 Å². The highest BCUT2D eigenvalue weighted by molar-refractivity contribution is 5.77. The number of carbonyl (C=O) groups excluding carboxylic acids is 2. The molecule has 0 saturated carbocycles. The standard InChI is InChI=1S/C11H16F3N3O3/c1-8(5-15)6-17(2)9(18)3-4-16-10(19)20-7-11(12,13)14/h8H,3-4,6-7H2,1-2H3,(H,16,19)/t8-/m0/s1. The lowest BCUT2D eigenvalue weighted by Crippen LogP contribution is -2.35. The number of alkyl halides is 3. The van der Waals surface area contributed by atoms with Gasteiger partial charge in [-0.3, -0.25) is 4.79 Å². The van der Waals surface area contributed by atoms with Crippen LogP contribution in [0.3, 0.4) is 0 Å². The van der Waals surface area contributed by atoms with Gasteiger partial charge < -0.3 is 15.0 Å². The topological polar surface area (TPSA) is 82.4 Å². The summed E-state index contributed by atoms with van der Waals surface area (Å²) in [6.45, 7) is 0.0809. The van der Waals surface area contributed by atoms with Crippen LogP contribution in [0.2, 0.25) is 0 Å². The van der Waals surface area contributed by atoms with E-state index in [1.165, 1.54) is 11.9 Å². The third-order valence-corrected chi connectivity index (χ3v) is 2.17. The van der Waals surface area contributed by atoms with Gasteiger partial charge in [-0.15, -0.1) is 0 Å². The number of amides is 2. The average Bonchev–Trinajstić information content (AvgIpc) is 2.35. The third kappa shape index (κ3) is 9.02. The number of halogens is 3. The summed E-state index contributed by atoms with van der Waals surface area (Å²) in [5.74, 6) is -0.656. The zero-order chi connectivity index (χ0) is 15.8. The van der Waals surface area contributed by atoms with Gasteiger partial charge in [0.15, 0.2) is 6.61 Å². The summed E-state index contributed by atoms with van der Waals surface area (Å²) in [6, 6.07) is 1.97. The quantitative estimate of drug-likeness (QED) is 0.800. The molecule has 0 aromatic heterocycles. The molecule has 0 rings (SSSR count). The number of ether oxygens (including phenoxy) is 1. The van der Waals surface area contributed by atoms with Crippen LogP contribution in [0.15, 0.2) is 0 Å². The highest BCUT2D eigenvalue weighted by atomic mass is 19.4. The smallest absolute Gasteiger partial charge is 0.422 e. The van der Waals surface area contributed by atoms with Crippen molar-refractivity contribution in [1.29, 1.82) is 5.26 Å². The first-order valence-electron chi connectivity index (χ1n) is 5.76. The number of rotatable bonds is 6. The Morgan fingerprint density at radius 1 is 1.45 bits per heavy atom. The highest BCUT2D eigenvalue weighted by Gasteiger charge is 2.29. The van der Waals surface area contributed by atoms with E-state index >= 15 is 0 Å². The van der Waals surface area contributed by atoms with Crippen LogP contribution in [0.4, 0.5) is 18.0 Å². The second kappa shape index (κ2) is 8.24.